The van der Waals surface area contributed by atoms with E-state index in [-0.39, 0.29) is 12.1 Å². The van der Waals surface area contributed by atoms with Gasteiger partial charge in [0.1, 0.15) is 6.10 Å². The molecule has 1 saturated heterocycles. The van der Waals surface area contributed by atoms with Crippen LogP contribution in [-0.2, 0) is 9.53 Å². The Morgan fingerprint density at radius 2 is 2.11 bits per heavy atom. The summed E-state index contributed by atoms with van der Waals surface area (Å²) < 4.78 is 5.15. The van der Waals surface area contributed by atoms with E-state index in [9.17, 15) is 9.90 Å². The third-order valence-electron chi connectivity index (χ3n) is 3.60. The van der Waals surface area contributed by atoms with Gasteiger partial charge in [0.2, 0.25) is 0 Å². The number of ether oxygens (including phenoxy) is 1. The van der Waals surface area contributed by atoms with Gasteiger partial charge >= 0.3 is 5.97 Å². The maximum Gasteiger partial charge on any atom is 0.306 e. The van der Waals surface area contributed by atoms with Crippen LogP contribution in [0.1, 0.15) is 71.1 Å². The molecule has 0 spiro atoms. The van der Waals surface area contributed by atoms with Gasteiger partial charge in [-0.3, -0.25) is 4.79 Å². The zero-order valence-corrected chi connectivity index (χ0v) is 12.1. The number of unbranched alkanes of at least 4 members (excludes halogenated alkanes) is 5. The number of esters is 1. The fraction of sp³-hybridized carbons (Fsp3) is 0.812. The third-order valence-corrected chi connectivity index (χ3v) is 3.60. The molecule has 110 valence electrons. The monoisotopic (exact) mass is 268 g/mol. The predicted molar refractivity (Wildman–Crippen MR) is 76.9 cm³/mol. The first-order valence-electron chi connectivity index (χ1n) is 7.76. The van der Waals surface area contributed by atoms with Gasteiger partial charge in [-0.15, -0.1) is 0 Å². The first-order valence-corrected chi connectivity index (χ1v) is 7.76. The van der Waals surface area contributed by atoms with Crippen LogP contribution >= 0.6 is 0 Å². The molecule has 0 aromatic carbocycles. The predicted octanol–water partition coefficient (Wildman–Crippen LogP) is 3.75. The van der Waals surface area contributed by atoms with Crippen molar-refractivity contribution in [3.8, 4) is 0 Å². The van der Waals surface area contributed by atoms with Crippen molar-refractivity contribution in [2.24, 2.45) is 0 Å². The van der Waals surface area contributed by atoms with Gasteiger partial charge < -0.3 is 9.84 Å². The Morgan fingerprint density at radius 3 is 2.84 bits per heavy atom. The molecule has 2 atom stereocenters. The molecule has 0 radical (unpaired) electrons. The Morgan fingerprint density at radius 1 is 1.32 bits per heavy atom. The number of carbonyl (C=O) groups excluding carboxylic acids is 1. The SMILES string of the molecule is CCCCCCCC=CCC(O)C1CCCC(=O)O1. The van der Waals surface area contributed by atoms with Gasteiger partial charge in [0.15, 0.2) is 0 Å². The van der Waals surface area contributed by atoms with E-state index in [1.807, 2.05) is 6.08 Å². The van der Waals surface area contributed by atoms with Crippen LogP contribution < -0.4 is 0 Å². The summed E-state index contributed by atoms with van der Waals surface area (Å²) in [6.45, 7) is 2.22. The van der Waals surface area contributed by atoms with Crippen molar-refractivity contribution in [1.82, 2.24) is 0 Å². The van der Waals surface area contributed by atoms with Gasteiger partial charge in [-0.25, -0.2) is 0 Å². The molecule has 0 aromatic heterocycles. The maximum atomic E-state index is 11.1. The van der Waals surface area contributed by atoms with E-state index in [0.29, 0.717) is 12.8 Å². The summed E-state index contributed by atoms with van der Waals surface area (Å²) in [5.41, 5.74) is 0. The lowest BCUT2D eigenvalue weighted by Gasteiger charge is -2.25. The largest absolute Gasteiger partial charge is 0.460 e. The summed E-state index contributed by atoms with van der Waals surface area (Å²) >= 11 is 0. The fourth-order valence-electron chi connectivity index (χ4n) is 2.38. The van der Waals surface area contributed by atoms with E-state index >= 15 is 0 Å². The molecule has 0 saturated carbocycles. The summed E-state index contributed by atoms with van der Waals surface area (Å²) in [6.07, 6.45) is 13.6. The molecular formula is C16H28O3. The molecule has 3 nitrogen and oxygen atoms in total. The molecule has 1 N–H and O–H groups in total. The van der Waals surface area contributed by atoms with Crippen LogP contribution in [0.2, 0.25) is 0 Å². The van der Waals surface area contributed by atoms with Crippen LogP contribution in [0.25, 0.3) is 0 Å². The first kappa shape index (κ1) is 16.2. The van der Waals surface area contributed by atoms with E-state index in [2.05, 4.69) is 13.0 Å². The molecule has 1 rings (SSSR count). The van der Waals surface area contributed by atoms with Crippen molar-refractivity contribution in [3.63, 3.8) is 0 Å². The van der Waals surface area contributed by atoms with Gasteiger partial charge in [-0.1, -0.05) is 44.8 Å². The Balaban J connectivity index is 2.05. The average Bonchev–Trinajstić information content (AvgIpc) is 2.41. The Kier molecular flexibility index (Phi) is 8.55. The van der Waals surface area contributed by atoms with Gasteiger partial charge in [0, 0.05) is 6.42 Å². The number of aliphatic hydroxyl groups is 1. The topological polar surface area (TPSA) is 46.5 Å². The van der Waals surface area contributed by atoms with Crippen molar-refractivity contribution < 1.29 is 14.6 Å². The lowest BCUT2D eigenvalue weighted by atomic mass is 10.0. The quantitative estimate of drug-likeness (QED) is 0.393. The first-order chi connectivity index (χ1) is 9.24. The Bertz CT molecular complexity index is 273. The zero-order chi connectivity index (χ0) is 13.9. The van der Waals surface area contributed by atoms with E-state index in [1.165, 1.54) is 32.1 Å². The fourth-order valence-corrected chi connectivity index (χ4v) is 2.38. The van der Waals surface area contributed by atoms with Gasteiger partial charge in [-0.2, -0.15) is 0 Å². The normalized spacial score (nSPS) is 21.6. The number of allylic oxidation sites excluding steroid dienone is 1. The minimum atomic E-state index is -0.541. The minimum absolute atomic E-state index is 0.171. The highest BCUT2D eigenvalue weighted by molar-refractivity contribution is 5.70. The molecule has 2 unspecified atom stereocenters. The second-order valence-corrected chi connectivity index (χ2v) is 5.40. The summed E-state index contributed by atoms with van der Waals surface area (Å²) in [5, 5.41) is 9.94. The van der Waals surface area contributed by atoms with Crippen LogP contribution in [0.4, 0.5) is 0 Å². The second kappa shape index (κ2) is 10.0. The number of aliphatic hydroxyl groups excluding tert-OH is 1. The van der Waals surface area contributed by atoms with Crippen LogP contribution in [0.3, 0.4) is 0 Å². The van der Waals surface area contributed by atoms with E-state index in [0.717, 1.165) is 19.3 Å². The highest BCUT2D eigenvalue weighted by Gasteiger charge is 2.26. The molecule has 1 aliphatic heterocycles. The van der Waals surface area contributed by atoms with Crippen LogP contribution in [0.5, 0.6) is 0 Å². The number of hydrogen-bond acceptors (Lipinski definition) is 3. The molecule has 0 amide bonds. The van der Waals surface area contributed by atoms with Gasteiger partial charge in [0.25, 0.3) is 0 Å². The third kappa shape index (κ3) is 7.36. The highest BCUT2D eigenvalue weighted by Crippen LogP contribution is 2.19. The number of cyclic esters (lactones) is 1. The molecule has 19 heavy (non-hydrogen) atoms. The standard InChI is InChI=1S/C16H28O3/c1-2-3-4-5-6-7-8-9-11-14(17)15-12-10-13-16(18)19-15/h8-9,14-15,17H,2-7,10-13H2,1H3. The van der Waals surface area contributed by atoms with Crippen molar-refractivity contribution in [2.45, 2.75) is 83.3 Å². The van der Waals surface area contributed by atoms with Gasteiger partial charge in [-0.05, 0) is 32.1 Å². The molecule has 1 fully saturated rings. The molecular weight excluding hydrogens is 240 g/mol. The van der Waals surface area contributed by atoms with Crippen LogP contribution in [0, 0.1) is 0 Å². The van der Waals surface area contributed by atoms with E-state index in [1.54, 1.807) is 0 Å². The van der Waals surface area contributed by atoms with E-state index < -0.39 is 6.10 Å². The van der Waals surface area contributed by atoms with Crippen molar-refractivity contribution in [1.29, 1.82) is 0 Å². The lowest BCUT2D eigenvalue weighted by molar-refractivity contribution is -0.160. The smallest absolute Gasteiger partial charge is 0.306 e. The molecule has 1 heterocycles. The maximum absolute atomic E-state index is 11.1. The Hall–Kier alpha value is -0.830. The van der Waals surface area contributed by atoms with Crippen LogP contribution in [-0.4, -0.2) is 23.3 Å². The Labute approximate surface area is 117 Å². The molecule has 0 aromatic rings. The summed E-state index contributed by atoms with van der Waals surface area (Å²) in [4.78, 5) is 11.1. The summed E-state index contributed by atoms with van der Waals surface area (Å²) in [7, 11) is 0. The van der Waals surface area contributed by atoms with Crippen molar-refractivity contribution >= 4 is 5.97 Å². The summed E-state index contributed by atoms with van der Waals surface area (Å²) in [6, 6.07) is 0. The lowest BCUT2D eigenvalue weighted by Crippen LogP contribution is -2.34. The minimum Gasteiger partial charge on any atom is -0.460 e. The number of rotatable bonds is 9. The van der Waals surface area contributed by atoms with Crippen molar-refractivity contribution in [2.75, 3.05) is 0 Å². The number of carbonyl (C=O) groups is 1. The molecule has 0 aliphatic carbocycles. The molecule has 1 aliphatic rings. The van der Waals surface area contributed by atoms with Crippen molar-refractivity contribution in [3.05, 3.63) is 12.2 Å². The second-order valence-electron chi connectivity index (χ2n) is 5.40. The highest BCUT2D eigenvalue weighted by atomic mass is 16.6. The number of hydrogen-bond donors (Lipinski definition) is 1. The summed E-state index contributed by atoms with van der Waals surface area (Å²) in [5.74, 6) is -0.171. The van der Waals surface area contributed by atoms with Crippen LogP contribution in [0.15, 0.2) is 12.2 Å². The average molecular weight is 268 g/mol. The van der Waals surface area contributed by atoms with E-state index in [4.69, 9.17) is 4.74 Å². The molecule has 0 bridgehead atoms. The zero-order valence-electron chi connectivity index (χ0n) is 12.1. The van der Waals surface area contributed by atoms with Gasteiger partial charge in [0.05, 0.1) is 6.10 Å². The molecule has 3 heteroatoms.